The lowest BCUT2D eigenvalue weighted by atomic mass is 9.99. The molecule has 0 saturated heterocycles. The van der Waals surface area contributed by atoms with Gasteiger partial charge >= 0.3 is 6.03 Å². The number of amides is 2. The molecule has 0 fully saturated rings. The fourth-order valence-corrected chi connectivity index (χ4v) is 7.96. The first kappa shape index (κ1) is 27.1. The number of aldehydes is 2. The van der Waals surface area contributed by atoms with Crippen LogP contribution >= 0.6 is 22.7 Å². The highest BCUT2D eigenvalue weighted by Gasteiger charge is 2.26. The Kier molecular flexibility index (Phi) is 7.94. The Labute approximate surface area is 222 Å². The maximum Gasteiger partial charge on any atom is 0.333 e. The Hall–Kier alpha value is -2.91. The number of urea groups is 1. The molecule has 1 aromatic carbocycles. The number of hydrogen-bond acceptors (Lipinski definition) is 9. The van der Waals surface area contributed by atoms with Crippen molar-refractivity contribution in [2.45, 2.75) is 46.9 Å². The number of fused-ring (bicyclic) bond motifs is 2. The largest absolute Gasteiger partial charge is 0.333 e. The highest BCUT2D eigenvalue weighted by Crippen LogP contribution is 2.38. The third-order valence-electron chi connectivity index (χ3n) is 5.95. The van der Waals surface area contributed by atoms with E-state index in [1.54, 1.807) is 0 Å². The summed E-state index contributed by atoms with van der Waals surface area (Å²) >= 11 is 1.84. The Balaban J connectivity index is 0.000000245. The van der Waals surface area contributed by atoms with E-state index in [-0.39, 0.29) is 14.0 Å². The van der Waals surface area contributed by atoms with Gasteiger partial charge in [0.25, 0.3) is 10.0 Å². The summed E-state index contributed by atoms with van der Waals surface area (Å²) in [7, 11) is -7.63. The number of hydrogen-bond donors (Lipinski definition) is 3. The van der Waals surface area contributed by atoms with Crippen molar-refractivity contribution in [2.75, 3.05) is 5.32 Å². The summed E-state index contributed by atoms with van der Waals surface area (Å²) in [5, 5.41) is 10.5. The molecular weight excluding hydrogens is 559 g/mol. The molecule has 4 N–H and O–H groups in total. The topological polar surface area (TPSA) is 170 Å². The van der Waals surface area contributed by atoms with Crippen molar-refractivity contribution < 1.29 is 31.2 Å². The number of sulfonamides is 2. The summed E-state index contributed by atoms with van der Waals surface area (Å²) in [6, 6.07) is 3.98. The van der Waals surface area contributed by atoms with E-state index in [0.29, 0.717) is 18.1 Å². The number of anilines is 1. The van der Waals surface area contributed by atoms with E-state index in [4.69, 9.17) is 5.14 Å². The Morgan fingerprint density at radius 1 is 0.811 bits per heavy atom. The standard InChI is InChI=1S/C18H18N2O4S2.C5H5NO3S2/c21-9-11-7-16(25-10-11)26(23,24)20-18(22)19-17-14-5-1-3-12(14)8-13-4-2-6-15(13)17;6-11(8,9)5-1-4(2-7)3-10-5/h7-10H,1-6H2,(H2,19,20,22);1-3H,(H2,6,8,9). The second kappa shape index (κ2) is 10.8. The number of primary sulfonamides is 1. The van der Waals surface area contributed by atoms with Gasteiger partial charge in [0.15, 0.2) is 12.6 Å². The molecule has 2 aliphatic carbocycles. The van der Waals surface area contributed by atoms with E-state index in [0.717, 1.165) is 78.0 Å². The van der Waals surface area contributed by atoms with E-state index >= 15 is 0 Å². The minimum Gasteiger partial charge on any atom is -0.307 e. The Bertz CT molecular complexity index is 1560. The molecule has 0 atom stereocenters. The second-order valence-electron chi connectivity index (χ2n) is 8.47. The van der Waals surface area contributed by atoms with Crippen molar-refractivity contribution in [1.29, 1.82) is 0 Å². The number of rotatable bonds is 6. The van der Waals surface area contributed by atoms with Gasteiger partial charge in [0, 0.05) is 27.6 Å². The summed E-state index contributed by atoms with van der Waals surface area (Å²) in [5.74, 6) is 0. The first-order valence-electron chi connectivity index (χ1n) is 11.1. The lowest BCUT2D eigenvalue weighted by Crippen LogP contribution is -2.34. The molecule has 3 aromatic rings. The molecule has 0 spiro atoms. The third-order valence-corrected chi connectivity index (χ3v) is 11.1. The van der Waals surface area contributed by atoms with Gasteiger partial charge in [-0.05, 0) is 72.9 Å². The fraction of sp³-hybridized carbons (Fsp3) is 0.261. The van der Waals surface area contributed by atoms with Gasteiger partial charge in [0.1, 0.15) is 8.42 Å². The van der Waals surface area contributed by atoms with Crippen LogP contribution in [0.1, 0.15) is 55.8 Å². The van der Waals surface area contributed by atoms with Gasteiger partial charge in [0.2, 0.25) is 10.0 Å². The first-order valence-corrected chi connectivity index (χ1v) is 15.9. The van der Waals surface area contributed by atoms with E-state index < -0.39 is 26.1 Å². The van der Waals surface area contributed by atoms with Crippen molar-refractivity contribution in [3.05, 3.63) is 62.3 Å². The van der Waals surface area contributed by atoms with Gasteiger partial charge in [-0.1, -0.05) is 6.07 Å². The minimum absolute atomic E-state index is 0.0135. The maximum atomic E-state index is 12.4. The average molecular weight is 582 g/mol. The van der Waals surface area contributed by atoms with E-state index in [9.17, 15) is 31.2 Å². The van der Waals surface area contributed by atoms with Crippen LogP contribution in [-0.2, 0) is 45.7 Å². The highest BCUT2D eigenvalue weighted by atomic mass is 32.3. The molecule has 2 heterocycles. The van der Waals surface area contributed by atoms with Gasteiger partial charge in [-0.25, -0.2) is 31.5 Å². The Morgan fingerprint density at radius 3 is 1.78 bits per heavy atom. The van der Waals surface area contributed by atoms with E-state index in [1.807, 2.05) is 0 Å². The monoisotopic (exact) mass is 581 g/mol. The lowest BCUT2D eigenvalue weighted by Gasteiger charge is -2.16. The quantitative estimate of drug-likeness (QED) is 0.375. The van der Waals surface area contributed by atoms with Crippen molar-refractivity contribution in [3.8, 4) is 0 Å². The van der Waals surface area contributed by atoms with Crippen LogP contribution in [0.15, 0.2) is 37.4 Å². The van der Waals surface area contributed by atoms with Crippen molar-refractivity contribution in [3.63, 3.8) is 0 Å². The van der Waals surface area contributed by atoms with Gasteiger partial charge in [-0.2, -0.15) is 0 Å². The van der Waals surface area contributed by atoms with Crippen LogP contribution < -0.4 is 15.2 Å². The SMILES string of the molecule is NS(=O)(=O)c1cc(C=O)cs1.O=Cc1csc(S(=O)(=O)NC(=O)Nc2c3c(cc4c2CCC4)CCC3)c1. The van der Waals surface area contributed by atoms with Gasteiger partial charge in [-0.15, -0.1) is 22.7 Å². The zero-order valence-corrected chi connectivity index (χ0v) is 22.6. The van der Waals surface area contributed by atoms with Crippen LogP contribution in [0, 0.1) is 0 Å². The molecule has 0 bridgehead atoms. The summed E-state index contributed by atoms with van der Waals surface area (Å²) in [6.07, 6.45) is 7.06. The molecule has 2 aromatic heterocycles. The molecule has 0 aliphatic heterocycles. The smallest absolute Gasteiger partial charge is 0.307 e. The second-order valence-corrected chi connectivity index (χ2v) is 14.0. The fourth-order valence-electron chi connectivity index (χ4n) is 4.35. The molecule has 14 heteroatoms. The summed E-state index contributed by atoms with van der Waals surface area (Å²) in [4.78, 5) is 33.3. The molecule has 37 heavy (non-hydrogen) atoms. The zero-order chi connectivity index (χ0) is 26.8. The molecular formula is C23H23N3O7S4. The lowest BCUT2D eigenvalue weighted by molar-refractivity contribution is 0.111. The number of nitrogens with one attached hydrogen (secondary N) is 2. The molecule has 0 unspecified atom stereocenters. The van der Waals surface area contributed by atoms with Crippen LogP contribution in [0.3, 0.4) is 0 Å². The average Bonchev–Trinajstić information content (AvgIpc) is 3.64. The molecule has 2 amide bonds. The number of thiophene rings is 2. The number of nitrogens with two attached hydrogens (primary N) is 1. The zero-order valence-electron chi connectivity index (χ0n) is 19.4. The molecule has 10 nitrogen and oxygen atoms in total. The number of aryl methyl sites for hydroxylation is 2. The minimum atomic E-state index is -4.00. The molecule has 0 saturated carbocycles. The first-order chi connectivity index (χ1) is 17.5. The van der Waals surface area contributed by atoms with Crippen LogP contribution in [0.4, 0.5) is 10.5 Å². The van der Waals surface area contributed by atoms with Crippen molar-refractivity contribution in [1.82, 2.24) is 4.72 Å². The maximum absolute atomic E-state index is 12.4. The van der Waals surface area contributed by atoms with Crippen molar-refractivity contribution in [2.24, 2.45) is 5.14 Å². The number of carbonyl (C=O) groups is 3. The number of carbonyl (C=O) groups excluding carboxylic acids is 3. The van der Waals surface area contributed by atoms with Gasteiger partial charge in [-0.3, -0.25) is 9.59 Å². The Morgan fingerprint density at radius 2 is 1.32 bits per heavy atom. The van der Waals surface area contributed by atoms with Crippen LogP contribution in [0.2, 0.25) is 0 Å². The van der Waals surface area contributed by atoms with Gasteiger partial charge < -0.3 is 5.32 Å². The molecule has 5 rings (SSSR count). The predicted molar refractivity (Wildman–Crippen MR) is 141 cm³/mol. The van der Waals surface area contributed by atoms with E-state index in [2.05, 4.69) is 16.1 Å². The van der Waals surface area contributed by atoms with Gasteiger partial charge in [0.05, 0.1) is 0 Å². The highest BCUT2D eigenvalue weighted by molar-refractivity contribution is 7.92. The number of benzene rings is 1. The van der Waals surface area contributed by atoms with Crippen LogP contribution in [0.5, 0.6) is 0 Å². The molecule has 196 valence electrons. The molecule has 2 aliphatic rings. The predicted octanol–water partition coefficient (Wildman–Crippen LogP) is 3.26. The summed E-state index contributed by atoms with van der Waals surface area (Å²) in [5.41, 5.74) is 6.19. The normalized spacial score (nSPS) is 14.2. The van der Waals surface area contributed by atoms with Crippen LogP contribution in [-0.4, -0.2) is 35.4 Å². The summed E-state index contributed by atoms with van der Waals surface area (Å²) < 4.78 is 48.0. The van der Waals surface area contributed by atoms with Crippen molar-refractivity contribution >= 4 is 67.0 Å². The summed E-state index contributed by atoms with van der Waals surface area (Å²) in [6.45, 7) is 0. The molecule has 0 radical (unpaired) electrons. The third kappa shape index (κ3) is 6.15. The van der Waals surface area contributed by atoms with E-state index in [1.165, 1.54) is 34.0 Å². The van der Waals surface area contributed by atoms with Crippen LogP contribution in [0.25, 0.3) is 0 Å².